The molecule has 1 aliphatic carbocycles. The van der Waals surface area contributed by atoms with E-state index in [9.17, 15) is 4.79 Å². The summed E-state index contributed by atoms with van der Waals surface area (Å²) >= 11 is 0. The Morgan fingerprint density at radius 3 is 2.70 bits per heavy atom. The maximum Gasteiger partial charge on any atom is 0.229 e. The number of aromatic nitrogens is 2. The van der Waals surface area contributed by atoms with E-state index in [-0.39, 0.29) is 23.8 Å². The Kier molecular flexibility index (Phi) is 5.82. The maximum atomic E-state index is 12.6. The van der Waals surface area contributed by atoms with Crippen LogP contribution in [-0.4, -0.2) is 35.2 Å². The summed E-state index contributed by atoms with van der Waals surface area (Å²) in [6, 6.07) is 10.4. The van der Waals surface area contributed by atoms with Crippen molar-refractivity contribution in [2.75, 3.05) is 13.1 Å². The van der Waals surface area contributed by atoms with Crippen molar-refractivity contribution in [1.82, 2.24) is 20.8 Å². The predicted octanol–water partition coefficient (Wildman–Crippen LogP) is 2.80. The third kappa shape index (κ3) is 4.56. The van der Waals surface area contributed by atoms with Crippen LogP contribution in [0.15, 0.2) is 34.9 Å². The maximum absolute atomic E-state index is 12.6. The van der Waals surface area contributed by atoms with Crippen LogP contribution in [-0.2, 0) is 11.2 Å². The second kappa shape index (κ2) is 8.65. The standard InChI is InChI=1S/C21H28N4O2/c26-20-17-13-16(14-18(17)22-10-6-1-2-7-11-23-20)21-24-19(25-27-21)12-15-8-4-3-5-9-15/h3-5,8-9,16-18,22H,1-2,6-7,10-14H2,(H,23,26)/t16-,17-,18+/m1/s1. The van der Waals surface area contributed by atoms with Gasteiger partial charge in [0.15, 0.2) is 5.82 Å². The molecule has 2 aromatic rings. The first-order chi connectivity index (χ1) is 13.3. The van der Waals surface area contributed by atoms with Crippen molar-refractivity contribution in [3.05, 3.63) is 47.6 Å². The number of hydrogen-bond acceptors (Lipinski definition) is 5. The normalized spacial score (nSPS) is 26.8. The van der Waals surface area contributed by atoms with Crippen LogP contribution in [0.25, 0.3) is 0 Å². The zero-order chi connectivity index (χ0) is 18.5. The van der Waals surface area contributed by atoms with E-state index in [1.165, 1.54) is 24.8 Å². The molecule has 2 heterocycles. The highest BCUT2D eigenvalue weighted by Crippen LogP contribution is 2.38. The molecule has 2 aliphatic rings. The van der Waals surface area contributed by atoms with Gasteiger partial charge in [0.2, 0.25) is 11.8 Å². The lowest BCUT2D eigenvalue weighted by molar-refractivity contribution is -0.125. The van der Waals surface area contributed by atoms with Crippen LogP contribution in [0, 0.1) is 5.92 Å². The topological polar surface area (TPSA) is 80.0 Å². The summed E-state index contributed by atoms with van der Waals surface area (Å²) in [6.45, 7) is 1.76. The van der Waals surface area contributed by atoms with E-state index in [0.29, 0.717) is 18.1 Å². The SMILES string of the molecule is O=C1NCCCCCCN[C@H]2C[C@H](c3nc(Cc4ccccc4)no3)C[C@@H]12. The lowest BCUT2D eigenvalue weighted by Gasteiger charge is -2.19. The lowest BCUT2D eigenvalue weighted by atomic mass is 10.0. The van der Waals surface area contributed by atoms with E-state index in [1.807, 2.05) is 18.2 Å². The van der Waals surface area contributed by atoms with Crippen LogP contribution < -0.4 is 10.6 Å². The fraction of sp³-hybridized carbons (Fsp3) is 0.571. The molecule has 27 heavy (non-hydrogen) atoms. The molecule has 1 aromatic carbocycles. The van der Waals surface area contributed by atoms with Crippen LogP contribution in [0.4, 0.5) is 0 Å². The first-order valence-electron chi connectivity index (χ1n) is 10.2. The molecule has 1 saturated carbocycles. The van der Waals surface area contributed by atoms with Crippen LogP contribution >= 0.6 is 0 Å². The molecule has 6 nitrogen and oxygen atoms in total. The molecule has 6 heteroatoms. The molecule has 144 valence electrons. The quantitative estimate of drug-likeness (QED) is 0.871. The minimum Gasteiger partial charge on any atom is -0.356 e. The minimum absolute atomic E-state index is 0.0161. The van der Waals surface area contributed by atoms with E-state index in [0.717, 1.165) is 32.4 Å². The molecule has 0 spiro atoms. The van der Waals surface area contributed by atoms with Crippen LogP contribution in [0.3, 0.4) is 0 Å². The van der Waals surface area contributed by atoms with Crippen molar-refractivity contribution in [2.45, 2.75) is 56.9 Å². The number of nitrogens with zero attached hydrogens (tertiary/aromatic N) is 2. The van der Waals surface area contributed by atoms with E-state index in [4.69, 9.17) is 4.52 Å². The molecule has 1 aromatic heterocycles. The molecular weight excluding hydrogens is 340 g/mol. The largest absolute Gasteiger partial charge is 0.356 e. The second-order valence-electron chi connectivity index (χ2n) is 7.75. The van der Waals surface area contributed by atoms with E-state index in [1.54, 1.807) is 0 Å². The highest BCUT2D eigenvalue weighted by atomic mass is 16.5. The van der Waals surface area contributed by atoms with Crippen molar-refractivity contribution < 1.29 is 9.32 Å². The van der Waals surface area contributed by atoms with Gasteiger partial charge in [-0.1, -0.05) is 48.3 Å². The molecule has 4 rings (SSSR count). The fourth-order valence-electron chi connectivity index (χ4n) is 4.27. The van der Waals surface area contributed by atoms with Gasteiger partial charge in [0.25, 0.3) is 0 Å². The van der Waals surface area contributed by atoms with Crippen molar-refractivity contribution in [3.63, 3.8) is 0 Å². The molecule has 0 radical (unpaired) electrons. The summed E-state index contributed by atoms with van der Waals surface area (Å²) in [6.07, 6.45) is 6.97. The number of carbonyl (C=O) groups is 1. The zero-order valence-corrected chi connectivity index (χ0v) is 15.7. The fourth-order valence-corrected chi connectivity index (χ4v) is 4.27. The van der Waals surface area contributed by atoms with E-state index in [2.05, 4.69) is 32.9 Å². The summed E-state index contributed by atoms with van der Waals surface area (Å²) in [4.78, 5) is 17.3. The Morgan fingerprint density at radius 1 is 1.04 bits per heavy atom. The van der Waals surface area contributed by atoms with Gasteiger partial charge in [-0.25, -0.2) is 0 Å². The summed E-state index contributed by atoms with van der Waals surface area (Å²) < 4.78 is 5.57. The smallest absolute Gasteiger partial charge is 0.229 e. The van der Waals surface area contributed by atoms with Crippen molar-refractivity contribution in [1.29, 1.82) is 0 Å². The number of nitrogens with one attached hydrogen (secondary N) is 2. The molecular formula is C21H28N4O2. The summed E-state index contributed by atoms with van der Waals surface area (Å²) in [7, 11) is 0. The third-order valence-electron chi connectivity index (χ3n) is 5.75. The molecule has 0 bridgehead atoms. The van der Waals surface area contributed by atoms with Gasteiger partial charge in [0.1, 0.15) is 0 Å². The summed E-state index contributed by atoms with van der Waals surface area (Å²) in [5.41, 5.74) is 1.17. The first-order valence-corrected chi connectivity index (χ1v) is 10.2. The highest BCUT2D eigenvalue weighted by Gasteiger charge is 2.41. The van der Waals surface area contributed by atoms with Gasteiger partial charge < -0.3 is 15.2 Å². The number of benzene rings is 1. The Morgan fingerprint density at radius 2 is 1.85 bits per heavy atom. The van der Waals surface area contributed by atoms with E-state index < -0.39 is 0 Å². The monoisotopic (exact) mass is 368 g/mol. The number of carbonyl (C=O) groups excluding carboxylic acids is 1. The van der Waals surface area contributed by atoms with Gasteiger partial charge in [0, 0.05) is 24.9 Å². The van der Waals surface area contributed by atoms with Gasteiger partial charge in [0.05, 0.1) is 5.92 Å². The Labute approximate surface area is 160 Å². The summed E-state index contributed by atoms with van der Waals surface area (Å²) in [5, 5.41) is 10.9. The van der Waals surface area contributed by atoms with E-state index >= 15 is 0 Å². The minimum atomic E-state index is -0.0161. The second-order valence-corrected chi connectivity index (χ2v) is 7.75. The van der Waals surface area contributed by atoms with Gasteiger partial charge in [-0.3, -0.25) is 4.79 Å². The van der Waals surface area contributed by atoms with Crippen LogP contribution in [0.2, 0.25) is 0 Å². The molecule has 2 N–H and O–H groups in total. The molecule has 1 saturated heterocycles. The predicted molar refractivity (Wildman–Crippen MR) is 102 cm³/mol. The number of rotatable bonds is 3. The lowest BCUT2D eigenvalue weighted by Crippen LogP contribution is -2.41. The molecule has 0 unspecified atom stereocenters. The molecule has 3 atom stereocenters. The number of amides is 1. The van der Waals surface area contributed by atoms with Gasteiger partial charge in [-0.05, 0) is 37.8 Å². The zero-order valence-electron chi connectivity index (χ0n) is 15.7. The summed E-state index contributed by atoms with van der Waals surface area (Å²) in [5.74, 6) is 1.69. The van der Waals surface area contributed by atoms with Crippen LogP contribution in [0.1, 0.15) is 61.7 Å². The van der Waals surface area contributed by atoms with Crippen LogP contribution in [0.5, 0.6) is 0 Å². The van der Waals surface area contributed by atoms with Gasteiger partial charge in [-0.2, -0.15) is 4.98 Å². The Bertz CT molecular complexity index is 746. The average Bonchev–Trinajstić information content (AvgIpc) is 3.31. The van der Waals surface area contributed by atoms with Crippen molar-refractivity contribution >= 4 is 5.91 Å². The highest BCUT2D eigenvalue weighted by molar-refractivity contribution is 5.79. The first kappa shape index (κ1) is 18.2. The number of fused-ring (bicyclic) bond motifs is 1. The van der Waals surface area contributed by atoms with Crippen molar-refractivity contribution in [2.24, 2.45) is 5.92 Å². The van der Waals surface area contributed by atoms with Crippen molar-refractivity contribution in [3.8, 4) is 0 Å². The Hall–Kier alpha value is -2.21. The molecule has 1 amide bonds. The number of hydrogen-bond donors (Lipinski definition) is 2. The third-order valence-corrected chi connectivity index (χ3v) is 5.75. The van der Waals surface area contributed by atoms with Gasteiger partial charge >= 0.3 is 0 Å². The Balaban J connectivity index is 1.43. The molecule has 1 aliphatic heterocycles. The average molecular weight is 368 g/mol. The van der Waals surface area contributed by atoms with Gasteiger partial charge in [-0.15, -0.1) is 0 Å². The molecule has 2 fully saturated rings.